The van der Waals surface area contributed by atoms with Gasteiger partial charge in [0.05, 0.1) is 4.92 Å². The third-order valence-corrected chi connectivity index (χ3v) is 3.84. The van der Waals surface area contributed by atoms with Crippen LogP contribution in [0, 0.1) is 15.5 Å². The van der Waals surface area contributed by atoms with Gasteiger partial charge in [0.2, 0.25) is 5.82 Å². The van der Waals surface area contributed by atoms with Crippen molar-refractivity contribution in [2.75, 3.05) is 18.5 Å². The first kappa shape index (κ1) is 13.8. The van der Waals surface area contributed by atoms with Gasteiger partial charge in [-0.3, -0.25) is 10.1 Å². The van der Waals surface area contributed by atoms with E-state index >= 15 is 0 Å². The lowest BCUT2D eigenvalue weighted by molar-refractivity contribution is -0.384. The molecule has 0 saturated heterocycles. The topological polar surface area (TPSA) is 93.2 Å². The molecule has 0 aromatic carbocycles. The first-order valence-electron chi connectivity index (χ1n) is 6.58. The summed E-state index contributed by atoms with van der Waals surface area (Å²) in [6, 6.07) is 0. The van der Waals surface area contributed by atoms with Crippen molar-refractivity contribution < 1.29 is 10.0 Å². The maximum Gasteiger partial charge on any atom is 0.333 e. The van der Waals surface area contributed by atoms with Gasteiger partial charge in [0.25, 0.3) is 0 Å². The molecule has 1 aliphatic carbocycles. The summed E-state index contributed by atoms with van der Waals surface area (Å²) < 4.78 is 1.53. The van der Waals surface area contributed by atoms with Gasteiger partial charge in [0.1, 0.15) is 5.69 Å². The minimum absolute atomic E-state index is 0.0739. The fraction of sp³-hybridized carbons (Fsp3) is 0.750. The van der Waals surface area contributed by atoms with Crippen molar-refractivity contribution in [2.45, 2.75) is 32.6 Å². The van der Waals surface area contributed by atoms with Crippen LogP contribution >= 0.6 is 0 Å². The standard InChI is InChI=1S/C12H20N4O3/c1-3-9-10(16(18)19)11(15(2)14-9)13-8-12(4-5-12)6-7-17/h13,17H,3-8H2,1-2H3. The van der Waals surface area contributed by atoms with Crippen LogP contribution in [0.1, 0.15) is 31.9 Å². The smallest absolute Gasteiger partial charge is 0.333 e. The molecule has 0 atom stereocenters. The van der Waals surface area contributed by atoms with E-state index in [1.807, 2.05) is 6.92 Å². The molecule has 0 bridgehead atoms. The number of hydrogen-bond donors (Lipinski definition) is 2. The fourth-order valence-electron chi connectivity index (χ4n) is 2.40. The second kappa shape index (κ2) is 5.16. The first-order chi connectivity index (χ1) is 9.03. The van der Waals surface area contributed by atoms with Crippen molar-refractivity contribution >= 4 is 11.5 Å². The van der Waals surface area contributed by atoms with E-state index < -0.39 is 0 Å². The quantitative estimate of drug-likeness (QED) is 0.577. The summed E-state index contributed by atoms with van der Waals surface area (Å²) in [5, 5.41) is 27.5. The molecule has 0 amide bonds. The van der Waals surface area contributed by atoms with Crippen molar-refractivity contribution in [2.24, 2.45) is 12.5 Å². The first-order valence-corrected chi connectivity index (χ1v) is 6.58. The maximum atomic E-state index is 11.2. The molecule has 1 saturated carbocycles. The second-order valence-corrected chi connectivity index (χ2v) is 5.21. The Morgan fingerprint density at radius 3 is 2.74 bits per heavy atom. The highest BCUT2D eigenvalue weighted by molar-refractivity contribution is 5.60. The summed E-state index contributed by atoms with van der Waals surface area (Å²) in [6.45, 7) is 2.67. The van der Waals surface area contributed by atoms with Crippen LogP contribution in [0.2, 0.25) is 0 Å². The number of aliphatic hydroxyl groups excluding tert-OH is 1. The minimum atomic E-state index is -0.375. The summed E-state index contributed by atoms with van der Waals surface area (Å²) in [5.41, 5.74) is 0.686. The average molecular weight is 268 g/mol. The predicted molar refractivity (Wildman–Crippen MR) is 71.1 cm³/mol. The van der Waals surface area contributed by atoms with Gasteiger partial charge in [-0.05, 0) is 31.1 Å². The van der Waals surface area contributed by atoms with Crippen LogP contribution in [-0.4, -0.2) is 33.0 Å². The number of rotatable bonds is 7. The lowest BCUT2D eigenvalue weighted by atomic mass is 10.0. The van der Waals surface area contributed by atoms with Crippen molar-refractivity contribution in [3.05, 3.63) is 15.8 Å². The zero-order valence-electron chi connectivity index (χ0n) is 11.3. The molecule has 2 rings (SSSR count). The lowest BCUT2D eigenvalue weighted by Crippen LogP contribution is -2.18. The third kappa shape index (κ3) is 2.70. The summed E-state index contributed by atoms with van der Waals surface area (Å²) in [4.78, 5) is 10.8. The number of nitrogens with zero attached hydrogens (tertiary/aromatic N) is 3. The predicted octanol–water partition coefficient (Wildman–Crippen LogP) is 1.47. The van der Waals surface area contributed by atoms with Crippen LogP contribution < -0.4 is 5.32 Å². The summed E-state index contributed by atoms with van der Waals surface area (Å²) in [7, 11) is 1.71. The van der Waals surface area contributed by atoms with E-state index in [4.69, 9.17) is 5.11 Å². The molecule has 0 spiro atoms. The Bertz CT molecular complexity index is 480. The Morgan fingerprint density at radius 2 is 2.26 bits per heavy atom. The third-order valence-electron chi connectivity index (χ3n) is 3.84. The molecule has 0 aliphatic heterocycles. The van der Waals surface area contributed by atoms with Crippen LogP contribution in [0.15, 0.2) is 0 Å². The van der Waals surface area contributed by atoms with Crippen LogP contribution in [0.4, 0.5) is 11.5 Å². The molecule has 0 unspecified atom stereocenters. The van der Waals surface area contributed by atoms with E-state index in [2.05, 4.69) is 10.4 Å². The fourth-order valence-corrected chi connectivity index (χ4v) is 2.40. The average Bonchev–Trinajstić information content (AvgIpc) is 3.04. The van der Waals surface area contributed by atoms with E-state index in [-0.39, 0.29) is 22.6 Å². The largest absolute Gasteiger partial charge is 0.396 e. The van der Waals surface area contributed by atoms with Crippen molar-refractivity contribution in [3.63, 3.8) is 0 Å². The van der Waals surface area contributed by atoms with E-state index in [9.17, 15) is 10.1 Å². The number of anilines is 1. The zero-order valence-corrected chi connectivity index (χ0v) is 11.3. The van der Waals surface area contributed by atoms with Crippen LogP contribution in [0.3, 0.4) is 0 Å². The van der Waals surface area contributed by atoms with Gasteiger partial charge in [-0.2, -0.15) is 5.10 Å². The highest BCUT2D eigenvalue weighted by Crippen LogP contribution is 2.48. The number of nitrogens with one attached hydrogen (secondary N) is 1. The highest BCUT2D eigenvalue weighted by Gasteiger charge is 2.42. The van der Waals surface area contributed by atoms with Crippen molar-refractivity contribution in [1.82, 2.24) is 9.78 Å². The van der Waals surface area contributed by atoms with E-state index in [0.717, 1.165) is 19.3 Å². The number of hydrogen-bond acceptors (Lipinski definition) is 5. The zero-order chi connectivity index (χ0) is 14.0. The van der Waals surface area contributed by atoms with Gasteiger partial charge >= 0.3 is 5.69 Å². The Kier molecular flexibility index (Phi) is 3.75. The van der Waals surface area contributed by atoms with E-state index in [1.54, 1.807) is 7.05 Å². The molecule has 7 nitrogen and oxygen atoms in total. The van der Waals surface area contributed by atoms with Crippen molar-refractivity contribution in [1.29, 1.82) is 0 Å². The summed E-state index contributed by atoms with van der Waals surface area (Å²) >= 11 is 0. The molecule has 2 N–H and O–H groups in total. The molecule has 19 heavy (non-hydrogen) atoms. The molecule has 1 fully saturated rings. The Labute approximate surface area is 111 Å². The Hall–Kier alpha value is -1.63. The van der Waals surface area contributed by atoms with Gasteiger partial charge in [-0.15, -0.1) is 0 Å². The molecule has 1 aromatic rings. The molecule has 7 heteroatoms. The van der Waals surface area contributed by atoms with Crippen LogP contribution in [0.25, 0.3) is 0 Å². The number of aromatic nitrogens is 2. The number of nitro groups is 1. The van der Waals surface area contributed by atoms with Gasteiger partial charge < -0.3 is 10.4 Å². The molecule has 1 aromatic heterocycles. The lowest BCUT2D eigenvalue weighted by Gasteiger charge is -2.15. The Morgan fingerprint density at radius 1 is 1.58 bits per heavy atom. The molecule has 1 aliphatic rings. The van der Waals surface area contributed by atoms with Gasteiger partial charge in [0, 0.05) is 20.2 Å². The molecular formula is C12H20N4O3. The van der Waals surface area contributed by atoms with Gasteiger partial charge in [0.15, 0.2) is 0 Å². The second-order valence-electron chi connectivity index (χ2n) is 5.21. The SMILES string of the molecule is CCc1nn(C)c(NCC2(CCO)CC2)c1[N+](=O)[O-]. The molecule has 0 radical (unpaired) electrons. The maximum absolute atomic E-state index is 11.2. The minimum Gasteiger partial charge on any atom is -0.396 e. The van der Waals surface area contributed by atoms with Crippen LogP contribution in [0.5, 0.6) is 0 Å². The summed E-state index contributed by atoms with van der Waals surface area (Å²) in [6.07, 6.45) is 3.40. The van der Waals surface area contributed by atoms with E-state index in [0.29, 0.717) is 24.5 Å². The van der Waals surface area contributed by atoms with Gasteiger partial charge in [-0.1, -0.05) is 6.92 Å². The molecular weight excluding hydrogens is 248 g/mol. The van der Waals surface area contributed by atoms with Gasteiger partial charge in [-0.25, -0.2) is 4.68 Å². The Balaban J connectivity index is 2.16. The van der Waals surface area contributed by atoms with Crippen molar-refractivity contribution in [3.8, 4) is 0 Å². The normalized spacial score (nSPS) is 16.4. The highest BCUT2D eigenvalue weighted by atomic mass is 16.6. The summed E-state index contributed by atoms with van der Waals surface area (Å²) in [5.74, 6) is 0.464. The van der Waals surface area contributed by atoms with E-state index in [1.165, 1.54) is 4.68 Å². The molecule has 1 heterocycles. The van der Waals surface area contributed by atoms with Crippen LogP contribution in [-0.2, 0) is 13.5 Å². The number of aryl methyl sites for hydroxylation is 2. The monoisotopic (exact) mass is 268 g/mol. The molecule has 106 valence electrons. The number of aliphatic hydroxyl groups is 1.